The first-order valence-corrected chi connectivity index (χ1v) is 7.21. The van der Waals surface area contributed by atoms with Crippen molar-refractivity contribution < 1.29 is 4.79 Å². The molecule has 2 aromatic rings. The molecule has 1 saturated heterocycles. The summed E-state index contributed by atoms with van der Waals surface area (Å²) in [4.78, 5) is 27.6. The monoisotopic (exact) mass is 284 g/mol. The molecule has 108 valence electrons. The fourth-order valence-electron chi connectivity index (χ4n) is 3.68. The molecule has 1 saturated carbocycles. The highest BCUT2D eigenvalue weighted by molar-refractivity contribution is 5.90. The van der Waals surface area contributed by atoms with E-state index in [4.69, 9.17) is 0 Å². The van der Waals surface area contributed by atoms with Crippen LogP contribution in [0.5, 0.6) is 0 Å². The summed E-state index contributed by atoms with van der Waals surface area (Å²) in [5, 5.41) is 5.96. The second-order valence-electron chi connectivity index (χ2n) is 5.91. The Morgan fingerprint density at radius 1 is 1.24 bits per heavy atom. The van der Waals surface area contributed by atoms with Crippen molar-refractivity contribution in [3.8, 4) is 0 Å². The van der Waals surface area contributed by atoms with Crippen molar-refractivity contribution in [3.05, 3.63) is 52.2 Å². The van der Waals surface area contributed by atoms with E-state index in [-0.39, 0.29) is 11.7 Å². The van der Waals surface area contributed by atoms with Crippen molar-refractivity contribution in [2.24, 2.45) is 11.8 Å². The van der Waals surface area contributed by atoms with Crippen molar-refractivity contribution in [1.29, 1.82) is 0 Å². The highest BCUT2D eigenvalue weighted by atomic mass is 16.2. The lowest BCUT2D eigenvalue weighted by Crippen LogP contribution is -2.33. The SMILES string of the molecule is O=C(c1n[nH]c(=O)[nH]1)N1C[C@@H]2C[C@@H](c3ccccc3)[C@@H]2C1. The minimum Gasteiger partial charge on any atom is -0.335 e. The summed E-state index contributed by atoms with van der Waals surface area (Å²) >= 11 is 0. The summed E-state index contributed by atoms with van der Waals surface area (Å²) in [6, 6.07) is 10.5. The number of amides is 1. The quantitative estimate of drug-likeness (QED) is 0.862. The maximum atomic E-state index is 12.3. The van der Waals surface area contributed by atoms with Crippen LogP contribution in [-0.2, 0) is 0 Å². The topological polar surface area (TPSA) is 81.8 Å². The zero-order valence-electron chi connectivity index (χ0n) is 11.5. The average molecular weight is 284 g/mol. The predicted molar refractivity (Wildman–Crippen MR) is 75.9 cm³/mol. The molecule has 2 fully saturated rings. The molecule has 1 aliphatic heterocycles. The van der Waals surface area contributed by atoms with Gasteiger partial charge in [-0.3, -0.25) is 9.78 Å². The Kier molecular flexibility index (Phi) is 2.70. The maximum absolute atomic E-state index is 12.3. The van der Waals surface area contributed by atoms with E-state index >= 15 is 0 Å². The summed E-state index contributed by atoms with van der Waals surface area (Å²) in [6.45, 7) is 1.51. The fraction of sp³-hybridized carbons (Fsp3) is 0.400. The molecule has 0 unspecified atom stereocenters. The number of rotatable bonds is 2. The third kappa shape index (κ3) is 1.98. The highest BCUT2D eigenvalue weighted by Gasteiger charge is 2.48. The average Bonchev–Trinajstić information content (AvgIpc) is 3.05. The van der Waals surface area contributed by atoms with Crippen LogP contribution in [0.2, 0.25) is 0 Å². The van der Waals surface area contributed by atoms with Gasteiger partial charge in [-0.1, -0.05) is 30.3 Å². The Morgan fingerprint density at radius 2 is 2.05 bits per heavy atom. The molecule has 0 bridgehead atoms. The lowest BCUT2D eigenvalue weighted by Gasteiger charge is -2.39. The Hall–Kier alpha value is -2.37. The standard InChI is InChI=1S/C15H16N4O2/c20-14(13-16-15(21)18-17-13)19-7-10-6-11(12(10)8-19)9-4-2-1-3-5-9/h1-5,10-12H,6-8H2,(H2,16,17,18,21)/t10-,11-,12+/m0/s1. The molecule has 0 spiro atoms. The molecule has 6 nitrogen and oxygen atoms in total. The van der Waals surface area contributed by atoms with E-state index in [1.807, 2.05) is 11.0 Å². The predicted octanol–water partition coefficient (Wildman–Crippen LogP) is 0.974. The van der Waals surface area contributed by atoms with E-state index in [1.54, 1.807) is 0 Å². The van der Waals surface area contributed by atoms with Crippen LogP contribution >= 0.6 is 0 Å². The van der Waals surface area contributed by atoms with Crippen LogP contribution in [0.1, 0.15) is 28.5 Å². The lowest BCUT2D eigenvalue weighted by molar-refractivity contribution is 0.0775. The second kappa shape index (κ2) is 4.58. The van der Waals surface area contributed by atoms with Crippen LogP contribution in [0, 0.1) is 11.8 Å². The van der Waals surface area contributed by atoms with Gasteiger partial charge < -0.3 is 4.90 Å². The molecule has 2 aliphatic rings. The molecular weight excluding hydrogens is 268 g/mol. The van der Waals surface area contributed by atoms with Gasteiger partial charge in [0.15, 0.2) is 0 Å². The molecule has 2 N–H and O–H groups in total. The molecular formula is C15H16N4O2. The zero-order valence-corrected chi connectivity index (χ0v) is 11.5. The first-order chi connectivity index (χ1) is 10.2. The van der Waals surface area contributed by atoms with Gasteiger partial charge in [-0.15, -0.1) is 5.10 Å². The normalized spacial score (nSPS) is 27.2. The van der Waals surface area contributed by atoms with Gasteiger partial charge in [0.2, 0.25) is 5.82 Å². The molecule has 1 aliphatic carbocycles. The fourth-order valence-corrected chi connectivity index (χ4v) is 3.68. The Morgan fingerprint density at radius 3 is 2.76 bits per heavy atom. The van der Waals surface area contributed by atoms with E-state index in [9.17, 15) is 9.59 Å². The number of nitrogens with one attached hydrogen (secondary N) is 2. The van der Waals surface area contributed by atoms with Gasteiger partial charge in [-0.2, -0.15) is 0 Å². The Bertz CT molecular complexity index is 721. The molecule has 21 heavy (non-hydrogen) atoms. The number of fused-ring (bicyclic) bond motifs is 1. The summed E-state index contributed by atoms with van der Waals surface area (Å²) in [7, 11) is 0. The van der Waals surface area contributed by atoms with Crippen molar-refractivity contribution in [2.45, 2.75) is 12.3 Å². The molecule has 2 heterocycles. The van der Waals surface area contributed by atoms with Gasteiger partial charge >= 0.3 is 5.69 Å². The number of nitrogens with zero attached hydrogens (tertiary/aromatic N) is 2. The summed E-state index contributed by atoms with van der Waals surface area (Å²) in [5.74, 6) is 1.58. The molecule has 0 radical (unpaired) electrons. The number of carbonyl (C=O) groups is 1. The molecule has 1 aromatic heterocycles. The van der Waals surface area contributed by atoms with Crippen molar-refractivity contribution in [1.82, 2.24) is 20.1 Å². The van der Waals surface area contributed by atoms with Crippen LogP contribution in [0.3, 0.4) is 0 Å². The molecule has 1 aromatic carbocycles. The summed E-state index contributed by atoms with van der Waals surface area (Å²) < 4.78 is 0. The van der Waals surface area contributed by atoms with Crippen LogP contribution in [0.25, 0.3) is 0 Å². The number of carbonyl (C=O) groups excluding carboxylic acids is 1. The van der Waals surface area contributed by atoms with E-state index in [0.29, 0.717) is 17.8 Å². The van der Waals surface area contributed by atoms with E-state index in [0.717, 1.165) is 19.5 Å². The third-order valence-electron chi connectivity index (χ3n) is 4.78. The van der Waals surface area contributed by atoms with Crippen molar-refractivity contribution >= 4 is 5.91 Å². The first-order valence-electron chi connectivity index (χ1n) is 7.21. The van der Waals surface area contributed by atoms with Gasteiger partial charge in [0.1, 0.15) is 0 Å². The number of H-pyrrole nitrogens is 2. The molecule has 1 amide bonds. The van der Waals surface area contributed by atoms with Crippen LogP contribution < -0.4 is 5.69 Å². The number of aromatic amines is 2. The minimum absolute atomic E-state index is 0.109. The summed E-state index contributed by atoms with van der Waals surface area (Å²) in [6.07, 6.45) is 1.13. The maximum Gasteiger partial charge on any atom is 0.341 e. The lowest BCUT2D eigenvalue weighted by atomic mass is 9.64. The molecule has 4 rings (SSSR count). The van der Waals surface area contributed by atoms with E-state index in [1.165, 1.54) is 5.56 Å². The van der Waals surface area contributed by atoms with Gasteiger partial charge in [-0.05, 0) is 29.7 Å². The van der Waals surface area contributed by atoms with E-state index in [2.05, 4.69) is 39.4 Å². The first kappa shape index (κ1) is 12.4. The van der Waals surface area contributed by atoms with Crippen LogP contribution in [0.4, 0.5) is 0 Å². The van der Waals surface area contributed by atoms with Gasteiger partial charge in [0.25, 0.3) is 5.91 Å². The van der Waals surface area contributed by atoms with E-state index < -0.39 is 5.69 Å². The number of hydrogen-bond acceptors (Lipinski definition) is 3. The number of aromatic nitrogens is 3. The highest BCUT2D eigenvalue weighted by Crippen LogP contribution is 2.51. The van der Waals surface area contributed by atoms with Gasteiger partial charge in [-0.25, -0.2) is 9.89 Å². The van der Waals surface area contributed by atoms with Crippen molar-refractivity contribution in [2.75, 3.05) is 13.1 Å². The Labute approximate surface area is 121 Å². The number of hydrogen-bond donors (Lipinski definition) is 2. The molecule has 3 atom stereocenters. The molecule has 6 heteroatoms. The Balaban J connectivity index is 1.49. The minimum atomic E-state index is -0.442. The van der Waals surface area contributed by atoms with Crippen molar-refractivity contribution in [3.63, 3.8) is 0 Å². The van der Waals surface area contributed by atoms with Crippen LogP contribution in [-0.4, -0.2) is 39.1 Å². The van der Waals surface area contributed by atoms with Crippen LogP contribution in [0.15, 0.2) is 35.1 Å². The number of benzene rings is 1. The smallest absolute Gasteiger partial charge is 0.335 e. The second-order valence-corrected chi connectivity index (χ2v) is 5.91. The third-order valence-corrected chi connectivity index (χ3v) is 4.78. The zero-order chi connectivity index (χ0) is 14.4. The largest absolute Gasteiger partial charge is 0.341 e. The summed E-state index contributed by atoms with van der Waals surface area (Å²) in [5.41, 5.74) is 0.920. The van der Waals surface area contributed by atoms with Gasteiger partial charge in [0.05, 0.1) is 0 Å². The number of likely N-dealkylation sites (tertiary alicyclic amines) is 1. The van der Waals surface area contributed by atoms with Gasteiger partial charge in [0, 0.05) is 13.1 Å².